The van der Waals surface area contributed by atoms with Gasteiger partial charge in [-0.2, -0.15) is 0 Å². The van der Waals surface area contributed by atoms with Crippen LogP contribution in [-0.4, -0.2) is 25.9 Å². The number of pyridine rings is 1. The monoisotopic (exact) mass is 267 g/mol. The second-order valence-electron chi connectivity index (χ2n) is 4.74. The minimum Gasteiger partial charge on any atom is -0.370 e. The van der Waals surface area contributed by atoms with Crippen LogP contribution in [0, 0.1) is 6.92 Å². The van der Waals surface area contributed by atoms with Crippen molar-refractivity contribution in [2.45, 2.75) is 20.3 Å². The molecule has 0 aliphatic heterocycles. The Morgan fingerprint density at radius 1 is 1.20 bits per heavy atom. The van der Waals surface area contributed by atoms with E-state index in [0.717, 1.165) is 35.8 Å². The highest BCUT2D eigenvalue weighted by molar-refractivity contribution is 5.57. The third-order valence-corrected chi connectivity index (χ3v) is 3.00. The van der Waals surface area contributed by atoms with E-state index in [4.69, 9.17) is 0 Å². The van der Waals surface area contributed by atoms with Crippen LogP contribution in [0.2, 0.25) is 0 Å². The van der Waals surface area contributed by atoms with Crippen LogP contribution < -0.4 is 5.32 Å². The molecule has 3 aromatic rings. The first-order valence-corrected chi connectivity index (χ1v) is 6.80. The first-order valence-electron chi connectivity index (χ1n) is 6.80. The van der Waals surface area contributed by atoms with Crippen LogP contribution in [0.1, 0.15) is 19.0 Å². The summed E-state index contributed by atoms with van der Waals surface area (Å²) in [5, 5.41) is 3.29. The lowest BCUT2D eigenvalue weighted by atomic mass is 10.3. The Kier molecular flexibility index (Phi) is 3.33. The molecule has 0 bridgehead atoms. The van der Waals surface area contributed by atoms with Crippen molar-refractivity contribution in [2.75, 3.05) is 11.9 Å². The van der Waals surface area contributed by atoms with Crippen molar-refractivity contribution in [1.82, 2.24) is 19.4 Å². The van der Waals surface area contributed by atoms with Crippen molar-refractivity contribution in [3.8, 4) is 11.5 Å². The Morgan fingerprint density at radius 3 is 2.90 bits per heavy atom. The number of hydrogen-bond donors (Lipinski definition) is 1. The Bertz CT molecular complexity index is 699. The van der Waals surface area contributed by atoms with Crippen molar-refractivity contribution < 1.29 is 0 Å². The van der Waals surface area contributed by atoms with Gasteiger partial charge in [-0.05, 0) is 25.5 Å². The lowest BCUT2D eigenvalue weighted by molar-refractivity contribution is 0.961. The predicted molar refractivity (Wildman–Crippen MR) is 79.7 cm³/mol. The molecule has 0 aromatic carbocycles. The molecule has 0 saturated heterocycles. The number of aromatic nitrogens is 4. The normalized spacial score (nSPS) is 10.9. The summed E-state index contributed by atoms with van der Waals surface area (Å²) >= 11 is 0. The van der Waals surface area contributed by atoms with Crippen LogP contribution in [0.4, 0.5) is 5.82 Å². The number of rotatable bonds is 4. The minimum absolute atomic E-state index is 0.660. The van der Waals surface area contributed by atoms with Crippen molar-refractivity contribution in [3.63, 3.8) is 0 Å². The van der Waals surface area contributed by atoms with Gasteiger partial charge in [-0.1, -0.05) is 13.0 Å². The lowest BCUT2D eigenvalue weighted by Gasteiger charge is -2.06. The van der Waals surface area contributed by atoms with Crippen molar-refractivity contribution >= 4 is 11.5 Å². The predicted octanol–water partition coefficient (Wildman–Crippen LogP) is 2.92. The van der Waals surface area contributed by atoms with Gasteiger partial charge in [-0.15, -0.1) is 0 Å². The van der Waals surface area contributed by atoms with E-state index in [1.165, 1.54) is 0 Å². The molecule has 5 nitrogen and oxygen atoms in total. The molecule has 0 aliphatic rings. The topological polar surface area (TPSA) is 55.1 Å². The number of imidazole rings is 1. The van der Waals surface area contributed by atoms with E-state index in [9.17, 15) is 0 Å². The first kappa shape index (κ1) is 12.6. The number of fused-ring (bicyclic) bond motifs is 1. The molecule has 20 heavy (non-hydrogen) atoms. The van der Waals surface area contributed by atoms with Crippen LogP contribution in [0.5, 0.6) is 0 Å². The number of aryl methyl sites for hydroxylation is 1. The maximum atomic E-state index is 4.56. The average Bonchev–Trinajstić information content (AvgIpc) is 2.88. The van der Waals surface area contributed by atoms with E-state index in [-0.39, 0.29) is 0 Å². The fraction of sp³-hybridized carbons (Fsp3) is 0.267. The number of anilines is 1. The van der Waals surface area contributed by atoms with Gasteiger partial charge in [0.05, 0.1) is 0 Å². The zero-order chi connectivity index (χ0) is 13.9. The second kappa shape index (κ2) is 5.28. The largest absolute Gasteiger partial charge is 0.370 e. The second-order valence-corrected chi connectivity index (χ2v) is 4.74. The number of nitrogens with zero attached hydrogens (tertiary/aromatic N) is 4. The highest BCUT2D eigenvalue weighted by Crippen LogP contribution is 2.18. The average molecular weight is 267 g/mol. The van der Waals surface area contributed by atoms with E-state index in [1.54, 1.807) is 0 Å². The maximum absolute atomic E-state index is 4.56. The number of nitrogens with one attached hydrogen (secondary N) is 1. The maximum Gasteiger partial charge on any atom is 0.182 e. The van der Waals surface area contributed by atoms with E-state index < -0.39 is 0 Å². The summed E-state index contributed by atoms with van der Waals surface area (Å²) in [6, 6.07) is 7.87. The molecule has 3 aromatic heterocycles. The van der Waals surface area contributed by atoms with Gasteiger partial charge in [0.15, 0.2) is 5.82 Å². The van der Waals surface area contributed by atoms with Gasteiger partial charge in [-0.3, -0.25) is 0 Å². The number of hydrogen-bond acceptors (Lipinski definition) is 4. The first-order chi connectivity index (χ1) is 9.76. The molecule has 0 radical (unpaired) electrons. The Hall–Kier alpha value is -2.43. The van der Waals surface area contributed by atoms with Crippen LogP contribution in [0.3, 0.4) is 0 Å². The molecule has 0 fully saturated rings. The minimum atomic E-state index is 0.660. The molecule has 102 valence electrons. The van der Waals surface area contributed by atoms with Crippen LogP contribution in [-0.2, 0) is 0 Å². The zero-order valence-corrected chi connectivity index (χ0v) is 11.7. The summed E-state index contributed by atoms with van der Waals surface area (Å²) in [7, 11) is 0. The fourth-order valence-corrected chi connectivity index (χ4v) is 2.07. The van der Waals surface area contributed by atoms with E-state index in [2.05, 4.69) is 27.2 Å². The summed E-state index contributed by atoms with van der Waals surface area (Å²) in [5.41, 5.74) is 2.63. The van der Waals surface area contributed by atoms with Gasteiger partial charge in [0, 0.05) is 30.7 Å². The summed E-state index contributed by atoms with van der Waals surface area (Å²) < 4.78 is 1.97. The molecule has 3 heterocycles. The van der Waals surface area contributed by atoms with Gasteiger partial charge in [-0.25, -0.2) is 15.0 Å². The molecule has 0 spiro atoms. The highest BCUT2D eigenvalue weighted by Gasteiger charge is 2.09. The van der Waals surface area contributed by atoms with Gasteiger partial charge in [0.2, 0.25) is 0 Å². The Morgan fingerprint density at radius 2 is 2.10 bits per heavy atom. The Labute approximate surface area is 117 Å². The summed E-state index contributed by atoms with van der Waals surface area (Å²) in [6.45, 7) is 5.00. The standard InChI is InChI=1S/C15H17N5/c1-3-7-16-13-9-11(2)17-15(19-13)12-10-20-8-5-4-6-14(20)18-12/h4-6,8-10H,3,7H2,1-2H3,(H,16,17,19). The molecule has 0 aliphatic carbocycles. The fourth-order valence-electron chi connectivity index (χ4n) is 2.07. The molecule has 0 saturated carbocycles. The zero-order valence-electron chi connectivity index (χ0n) is 11.7. The van der Waals surface area contributed by atoms with Crippen LogP contribution in [0.15, 0.2) is 36.7 Å². The van der Waals surface area contributed by atoms with Gasteiger partial charge in [0.1, 0.15) is 17.2 Å². The molecule has 0 unspecified atom stereocenters. The lowest BCUT2D eigenvalue weighted by Crippen LogP contribution is -2.04. The van der Waals surface area contributed by atoms with E-state index in [0.29, 0.717) is 5.82 Å². The molecule has 0 atom stereocenters. The quantitative estimate of drug-likeness (QED) is 0.789. The smallest absolute Gasteiger partial charge is 0.182 e. The van der Waals surface area contributed by atoms with Crippen molar-refractivity contribution in [2.24, 2.45) is 0 Å². The van der Waals surface area contributed by atoms with Crippen molar-refractivity contribution in [3.05, 3.63) is 42.4 Å². The van der Waals surface area contributed by atoms with E-state index >= 15 is 0 Å². The van der Waals surface area contributed by atoms with Crippen LogP contribution >= 0.6 is 0 Å². The summed E-state index contributed by atoms with van der Waals surface area (Å²) in [6.07, 6.45) is 4.98. The van der Waals surface area contributed by atoms with Gasteiger partial charge < -0.3 is 9.72 Å². The molecular weight excluding hydrogens is 250 g/mol. The molecule has 0 amide bonds. The molecular formula is C15H17N5. The van der Waals surface area contributed by atoms with Gasteiger partial charge in [0.25, 0.3) is 0 Å². The molecule has 5 heteroatoms. The molecule has 1 N–H and O–H groups in total. The van der Waals surface area contributed by atoms with E-state index in [1.807, 2.05) is 48.0 Å². The third-order valence-electron chi connectivity index (χ3n) is 3.00. The molecule has 3 rings (SSSR count). The van der Waals surface area contributed by atoms with Crippen molar-refractivity contribution in [1.29, 1.82) is 0 Å². The summed E-state index contributed by atoms with van der Waals surface area (Å²) in [5.74, 6) is 1.51. The van der Waals surface area contributed by atoms with Gasteiger partial charge >= 0.3 is 0 Å². The third kappa shape index (κ3) is 2.47. The highest BCUT2D eigenvalue weighted by atomic mass is 15.1. The SMILES string of the molecule is CCCNc1cc(C)nc(-c2cn3ccccc3n2)n1. The summed E-state index contributed by atoms with van der Waals surface area (Å²) in [4.78, 5) is 13.6. The Balaban J connectivity index is 2.01. The van der Waals surface area contributed by atoms with Crippen LogP contribution in [0.25, 0.3) is 17.2 Å².